The van der Waals surface area contributed by atoms with Gasteiger partial charge in [-0.15, -0.1) is 0 Å². The van der Waals surface area contributed by atoms with Crippen LogP contribution in [0.25, 0.3) is 0 Å². The number of hydrogen-bond donors (Lipinski definition) is 2. The lowest BCUT2D eigenvalue weighted by Gasteiger charge is -2.14. The number of nitrogens with one attached hydrogen (secondary N) is 2. The van der Waals surface area contributed by atoms with Crippen LogP contribution >= 0.6 is 11.8 Å². The average Bonchev–Trinajstić information content (AvgIpc) is 2.98. The molecule has 0 spiro atoms. The van der Waals surface area contributed by atoms with Gasteiger partial charge >= 0.3 is 0 Å². The first-order chi connectivity index (χ1) is 9.86. The maximum absolute atomic E-state index is 5.42. The molecule has 1 aliphatic heterocycles. The molecule has 118 valence electrons. The Morgan fingerprint density at radius 3 is 2.85 bits per heavy atom. The maximum atomic E-state index is 5.42. The molecule has 0 aromatic carbocycles. The van der Waals surface area contributed by atoms with Gasteiger partial charge in [0.2, 0.25) is 0 Å². The van der Waals surface area contributed by atoms with Crippen molar-refractivity contribution in [2.24, 2.45) is 4.99 Å². The van der Waals surface area contributed by atoms with Crippen molar-refractivity contribution in [1.82, 2.24) is 10.6 Å². The summed E-state index contributed by atoms with van der Waals surface area (Å²) in [5, 5.41) is 7.50. The number of nitrogens with zero attached hydrogens (tertiary/aromatic N) is 1. The number of thioether (sulfide) groups is 1. The quantitative estimate of drug-likeness (QED) is 0.364. The van der Waals surface area contributed by atoms with Crippen LogP contribution in [0.3, 0.4) is 0 Å². The van der Waals surface area contributed by atoms with E-state index in [1.807, 2.05) is 7.05 Å². The second-order valence-corrected chi connectivity index (χ2v) is 6.24. The molecule has 0 aromatic rings. The van der Waals surface area contributed by atoms with Crippen molar-refractivity contribution in [2.45, 2.75) is 30.9 Å². The summed E-state index contributed by atoms with van der Waals surface area (Å²) in [4.78, 5) is 4.24. The van der Waals surface area contributed by atoms with Crippen molar-refractivity contribution in [3.8, 4) is 0 Å². The number of ether oxygens (including phenoxy) is 2. The van der Waals surface area contributed by atoms with Crippen LogP contribution in [0.15, 0.2) is 4.99 Å². The van der Waals surface area contributed by atoms with E-state index in [0.717, 1.165) is 43.7 Å². The number of aliphatic imine (C=N–C) groups is 1. The van der Waals surface area contributed by atoms with Gasteiger partial charge < -0.3 is 20.1 Å². The lowest BCUT2D eigenvalue weighted by atomic mass is 10.2. The number of methoxy groups -OCH3 is 1. The van der Waals surface area contributed by atoms with Gasteiger partial charge in [-0.25, -0.2) is 0 Å². The van der Waals surface area contributed by atoms with Gasteiger partial charge in [0.05, 0.1) is 13.2 Å². The highest BCUT2D eigenvalue weighted by Crippen LogP contribution is 2.25. The highest BCUT2D eigenvalue weighted by Gasteiger charge is 2.15. The Balaban J connectivity index is 1.92. The fraction of sp³-hybridized carbons (Fsp3) is 0.929. The fourth-order valence-electron chi connectivity index (χ4n) is 2.02. The fourth-order valence-corrected chi connectivity index (χ4v) is 3.22. The average molecular weight is 303 g/mol. The molecular formula is C14H29N3O2S. The second kappa shape index (κ2) is 12.3. The topological polar surface area (TPSA) is 54.9 Å². The lowest BCUT2D eigenvalue weighted by molar-refractivity contribution is 0.0689. The van der Waals surface area contributed by atoms with Crippen molar-refractivity contribution in [3.63, 3.8) is 0 Å². The first-order valence-corrected chi connectivity index (χ1v) is 8.54. The summed E-state index contributed by atoms with van der Waals surface area (Å²) in [5.74, 6) is 2.22. The Labute approximate surface area is 127 Å². The van der Waals surface area contributed by atoms with Crippen LogP contribution in [0.4, 0.5) is 0 Å². The van der Waals surface area contributed by atoms with Crippen molar-refractivity contribution in [2.75, 3.05) is 52.8 Å². The Kier molecular flexibility index (Phi) is 10.8. The molecule has 0 saturated carbocycles. The molecule has 0 amide bonds. The standard InChI is InChI=1S/C14H29N3O2S/c1-15-14(17-12-13-6-5-11-20-13)16-7-3-4-8-19-10-9-18-2/h13H,3-12H2,1-2H3,(H2,15,16,17). The molecule has 1 heterocycles. The van der Waals surface area contributed by atoms with Crippen LogP contribution in [0.5, 0.6) is 0 Å². The summed E-state index contributed by atoms with van der Waals surface area (Å²) in [6.07, 6.45) is 4.83. The molecule has 2 N–H and O–H groups in total. The third kappa shape index (κ3) is 8.66. The van der Waals surface area contributed by atoms with Crippen molar-refractivity contribution >= 4 is 17.7 Å². The number of hydrogen-bond acceptors (Lipinski definition) is 4. The molecule has 20 heavy (non-hydrogen) atoms. The summed E-state index contributed by atoms with van der Waals surface area (Å²) in [6, 6.07) is 0. The largest absolute Gasteiger partial charge is 0.382 e. The SMILES string of the molecule is CN=C(NCCCCOCCOC)NCC1CCCS1. The molecule has 0 radical (unpaired) electrons. The monoisotopic (exact) mass is 303 g/mol. The minimum Gasteiger partial charge on any atom is -0.382 e. The first kappa shape index (κ1) is 17.6. The van der Waals surface area contributed by atoms with E-state index in [1.165, 1.54) is 18.6 Å². The van der Waals surface area contributed by atoms with Gasteiger partial charge in [0, 0.05) is 39.1 Å². The van der Waals surface area contributed by atoms with E-state index >= 15 is 0 Å². The predicted octanol–water partition coefficient (Wildman–Crippen LogP) is 1.49. The van der Waals surface area contributed by atoms with E-state index < -0.39 is 0 Å². The van der Waals surface area contributed by atoms with Gasteiger partial charge in [0.25, 0.3) is 0 Å². The highest BCUT2D eigenvalue weighted by molar-refractivity contribution is 8.00. The Morgan fingerprint density at radius 2 is 2.15 bits per heavy atom. The van der Waals surface area contributed by atoms with Gasteiger partial charge in [-0.3, -0.25) is 4.99 Å². The smallest absolute Gasteiger partial charge is 0.191 e. The van der Waals surface area contributed by atoms with Crippen molar-refractivity contribution < 1.29 is 9.47 Å². The molecule has 1 rings (SSSR count). The maximum Gasteiger partial charge on any atom is 0.191 e. The molecule has 0 bridgehead atoms. The van der Waals surface area contributed by atoms with Gasteiger partial charge in [-0.2, -0.15) is 11.8 Å². The molecule has 5 nitrogen and oxygen atoms in total. The van der Waals surface area contributed by atoms with Crippen LogP contribution in [0.2, 0.25) is 0 Å². The van der Waals surface area contributed by atoms with Crippen molar-refractivity contribution in [3.05, 3.63) is 0 Å². The Hall–Kier alpha value is -0.460. The zero-order valence-corrected chi connectivity index (χ0v) is 13.6. The zero-order valence-electron chi connectivity index (χ0n) is 12.8. The van der Waals surface area contributed by atoms with Crippen LogP contribution in [-0.4, -0.2) is 64.0 Å². The molecule has 1 fully saturated rings. The summed E-state index contributed by atoms with van der Waals surface area (Å²) in [5.41, 5.74) is 0. The molecule has 1 unspecified atom stereocenters. The third-order valence-electron chi connectivity index (χ3n) is 3.18. The van der Waals surface area contributed by atoms with E-state index in [-0.39, 0.29) is 0 Å². The molecule has 0 aromatic heterocycles. The Bertz CT molecular complexity index is 259. The molecule has 1 aliphatic rings. The summed E-state index contributed by atoms with van der Waals surface area (Å²) >= 11 is 2.06. The highest BCUT2D eigenvalue weighted by atomic mass is 32.2. The number of guanidine groups is 1. The lowest BCUT2D eigenvalue weighted by Crippen LogP contribution is -2.40. The van der Waals surface area contributed by atoms with Crippen LogP contribution in [0, 0.1) is 0 Å². The molecule has 1 atom stereocenters. The van der Waals surface area contributed by atoms with E-state index in [0.29, 0.717) is 13.2 Å². The third-order valence-corrected chi connectivity index (χ3v) is 4.58. The van der Waals surface area contributed by atoms with E-state index in [2.05, 4.69) is 27.4 Å². The molecule has 6 heteroatoms. The molecular weight excluding hydrogens is 274 g/mol. The minimum atomic E-state index is 0.675. The van der Waals surface area contributed by atoms with Gasteiger partial charge in [-0.05, 0) is 31.4 Å². The Morgan fingerprint density at radius 1 is 1.25 bits per heavy atom. The van der Waals surface area contributed by atoms with Gasteiger partial charge in [-0.1, -0.05) is 0 Å². The normalized spacial score (nSPS) is 19.3. The van der Waals surface area contributed by atoms with Gasteiger partial charge in [0.15, 0.2) is 5.96 Å². The van der Waals surface area contributed by atoms with E-state index in [1.54, 1.807) is 7.11 Å². The minimum absolute atomic E-state index is 0.675. The van der Waals surface area contributed by atoms with E-state index in [4.69, 9.17) is 9.47 Å². The first-order valence-electron chi connectivity index (χ1n) is 7.49. The van der Waals surface area contributed by atoms with Gasteiger partial charge in [0.1, 0.15) is 0 Å². The van der Waals surface area contributed by atoms with Crippen LogP contribution < -0.4 is 10.6 Å². The molecule has 0 aliphatic carbocycles. The summed E-state index contributed by atoms with van der Waals surface area (Å²) in [6.45, 7) is 4.12. The zero-order chi connectivity index (χ0) is 14.5. The molecule has 1 saturated heterocycles. The van der Waals surface area contributed by atoms with Crippen LogP contribution in [0.1, 0.15) is 25.7 Å². The second-order valence-electron chi connectivity index (χ2n) is 4.83. The number of unbranched alkanes of at least 4 members (excludes halogenated alkanes) is 1. The summed E-state index contributed by atoms with van der Waals surface area (Å²) < 4.78 is 10.3. The van der Waals surface area contributed by atoms with E-state index in [9.17, 15) is 0 Å². The summed E-state index contributed by atoms with van der Waals surface area (Å²) in [7, 11) is 3.51. The van der Waals surface area contributed by atoms with Crippen LogP contribution in [-0.2, 0) is 9.47 Å². The predicted molar refractivity (Wildman–Crippen MR) is 86.8 cm³/mol. The van der Waals surface area contributed by atoms with Crippen molar-refractivity contribution in [1.29, 1.82) is 0 Å². The number of rotatable bonds is 10.